The van der Waals surface area contributed by atoms with Crippen LogP contribution in [0.1, 0.15) is 26.5 Å². The van der Waals surface area contributed by atoms with Crippen LogP contribution in [0.5, 0.6) is 0 Å². The number of carbonyl (C=O) groups is 2. The Morgan fingerprint density at radius 1 is 1.30 bits per heavy atom. The highest BCUT2D eigenvalue weighted by atomic mass is 35.5. The molecule has 0 atom stereocenters. The number of aromatic carboxylic acids is 1. The van der Waals surface area contributed by atoms with Crippen LogP contribution >= 0.6 is 34.5 Å². The fourth-order valence-electron chi connectivity index (χ4n) is 2.00. The molecule has 1 amide bonds. The molecule has 23 heavy (non-hydrogen) atoms. The van der Waals surface area contributed by atoms with Crippen molar-refractivity contribution >= 4 is 61.8 Å². The van der Waals surface area contributed by atoms with Gasteiger partial charge in [0.05, 0.1) is 25.8 Å². The van der Waals surface area contributed by atoms with Crippen molar-refractivity contribution in [3.63, 3.8) is 0 Å². The number of aromatic nitrogens is 2. The number of aryl methyl sites for hydroxylation is 1. The van der Waals surface area contributed by atoms with Crippen molar-refractivity contribution in [3.05, 3.63) is 45.2 Å². The van der Waals surface area contributed by atoms with E-state index in [4.69, 9.17) is 28.3 Å². The van der Waals surface area contributed by atoms with Crippen molar-refractivity contribution in [2.75, 3.05) is 5.32 Å². The minimum Gasteiger partial charge on any atom is -0.478 e. The number of nitrogens with one attached hydrogen (secondary N) is 2. The first kappa shape index (κ1) is 15.8. The molecule has 0 saturated carbocycles. The van der Waals surface area contributed by atoms with Crippen LogP contribution in [-0.2, 0) is 0 Å². The van der Waals surface area contributed by atoms with Gasteiger partial charge in [0.2, 0.25) is 0 Å². The van der Waals surface area contributed by atoms with E-state index < -0.39 is 11.9 Å². The van der Waals surface area contributed by atoms with E-state index in [1.807, 2.05) is 0 Å². The highest BCUT2D eigenvalue weighted by molar-refractivity contribution is 7.22. The molecule has 2 aromatic heterocycles. The van der Waals surface area contributed by atoms with E-state index in [1.165, 1.54) is 23.5 Å². The summed E-state index contributed by atoms with van der Waals surface area (Å²) in [5.41, 5.74) is 1.38. The van der Waals surface area contributed by atoms with Crippen molar-refractivity contribution < 1.29 is 14.7 Å². The molecule has 6 nitrogen and oxygen atoms in total. The minimum absolute atomic E-state index is 0.135. The van der Waals surface area contributed by atoms with Crippen LogP contribution in [0.2, 0.25) is 10.0 Å². The molecule has 0 unspecified atom stereocenters. The van der Waals surface area contributed by atoms with Gasteiger partial charge in [-0.1, -0.05) is 34.5 Å². The third kappa shape index (κ3) is 2.90. The van der Waals surface area contributed by atoms with E-state index in [1.54, 1.807) is 13.0 Å². The summed E-state index contributed by atoms with van der Waals surface area (Å²) in [5, 5.41) is 12.4. The van der Waals surface area contributed by atoms with Gasteiger partial charge in [-0.3, -0.25) is 10.1 Å². The van der Waals surface area contributed by atoms with Gasteiger partial charge in [-0.15, -0.1) is 0 Å². The molecule has 0 spiro atoms. The van der Waals surface area contributed by atoms with Crippen LogP contribution in [-0.4, -0.2) is 27.0 Å². The van der Waals surface area contributed by atoms with Crippen molar-refractivity contribution in [3.8, 4) is 0 Å². The Bertz CT molecular complexity index is 948. The van der Waals surface area contributed by atoms with Gasteiger partial charge >= 0.3 is 5.97 Å². The average molecular weight is 370 g/mol. The number of halogens is 2. The summed E-state index contributed by atoms with van der Waals surface area (Å²) in [5.74, 6) is -1.50. The van der Waals surface area contributed by atoms with E-state index in [2.05, 4.69) is 15.3 Å². The third-order valence-electron chi connectivity index (χ3n) is 3.14. The Labute approximate surface area is 144 Å². The third-order valence-corrected chi connectivity index (χ3v) is 5.03. The first-order valence-electron chi connectivity index (χ1n) is 6.35. The molecule has 0 aliphatic heterocycles. The van der Waals surface area contributed by atoms with E-state index in [0.717, 1.165) is 4.70 Å². The van der Waals surface area contributed by atoms with Crippen molar-refractivity contribution in [2.45, 2.75) is 6.92 Å². The first-order chi connectivity index (χ1) is 10.9. The number of carbonyl (C=O) groups excluding carboxylic acids is 1. The molecular formula is C14H9Cl2N3O3S. The summed E-state index contributed by atoms with van der Waals surface area (Å²) >= 11 is 13.2. The lowest BCUT2D eigenvalue weighted by Crippen LogP contribution is -2.12. The maximum atomic E-state index is 12.2. The Kier molecular flexibility index (Phi) is 4.01. The molecule has 0 aliphatic carbocycles. The van der Waals surface area contributed by atoms with Crippen molar-refractivity contribution in [1.82, 2.24) is 9.97 Å². The molecule has 0 aliphatic rings. The van der Waals surface area contributed by atoms with Crippen LogP contribution < -0.4 is 5.32 Å². The lowest BCUT2D eigenvalue weighted by atomic mass is 10.2. The number of hydrogen-bond acceptors (Lipinski definition) is 4. The molecule has 118 valence electrons. The van der Waals surface area contributed by atoms with Gasteiger partial charge in [-0.05, 0) is 25.1 Å². The molecule has 3 N–H and O–H groups in total. The molecule has 3 rings (SSSR count). The lowest BCUT2D eigenvalue weighted by Gasteiger charge is -1.99. The Balaban J connectivity index is 1.90. The van der Waals surface area contributed by atoms with Crippen LogP contribution in [0.4, 0.5) is 5.13 Å². The fraction of sp³-hybridized carbons (Fsp3) is 0.0714. The molecule has 0 fully saturated rings. The van der Waals surface area contributed by atoms with Crippen LogP contribution in [0.3, 0.4) is 0 Å². The van der Waals surface area contributed by atoms with Crippen LogP contribution in [0, 0.1) is 6.92 Å². The topological polar surface area (TPSA) is 95.1 Å². The lowest BCUT2D eigenvalue weighted by molar-refractivity contribution is 0.0697. The zero-order valence-electron chi connectivity index (χ0n) is 11.6. The number of benzene rings is 1. The van der Waals surface area contributed by atoms with Gasteiger partial charge in [0.1, 0.15) is 5.69 Å². The molecule has 0 saturated heterocycles. The average Bonchev–Trinajstić information content (AvgIpc) is 3.01. The van der Waals surface area contributed by atoms with Gasteiger partial charge in [0.25, 0.3) is 5.91 Å². The fourth-order valence-corrected chi connectivity index (χ4v) is 3.26. The Hall–Kier alpha value is -2.09. The van der Waals surface area contributed by atoms with E-state index in [9.17, 15) is 9.59 Å². The predicted octanol–water partition coefficient (Wildman–Crippen LogP) is 4.19. The van der Waals surface area contributed by atoms with Gasteiger partial charge < -0.3 is 10.1 Å². The normalized spacial score (nSPS) is 10.9. The number of carboxylic acid groups (broad SMARTS) is 1. The number of aromatic amines is 1. The standard InChI is InChI=1S/C14H9Cl2N3O3S/c1-5-9(15)10(16)11(17-5)12(20)19-14-18-7-4-6(13(21)22)2-3-8(7)23-14/h2-4,17H,1H3,(H,21,22)(H,18,19,20). The SMILES string of the molecule is Cc1[nH]c(C(=O)Nc2nc3cc(C(=O)O)ccc3s2)c(Cl)c1Cl. The number of thiazole rings is 1. The maximum Gasteiger partial charge on any atom is 0.335 e. The molecule has 1 aromatic carbocycles. The smallest absolute Gasteiger partial charge is 0.335 e. The van der Waals surface area contributed by atoms with Crippen molar-refractivity contribution in [1.29, 1.82) is 0 Å². The van der Waals surface area contributed by atoms with Crippen LogP contribution in [0.25, 0.3) is 10.2 Å². The molecule has 0 bridgehead atoms. The zero-order valence-corrected chi connectivity index (χ0v) is 13.9. The van der Waals surface area contributed by atoms with E-state index in [0.29, 0.717) is 21.4 Å². The predicted molar refractivity (Wildman–Crippen MR) is 90.1 cm³/mol. The second-order valence-electron chi connectivity index (χ2n) is 4.71. The number of H-pyrrole nitrogens is 1. The maximum absolute atomic E-state index is 12.2. The largest absolute Gasteiger partial charge is 0.478 e. The second kappa shape index (κ2) is 5.84. The first-order valence-corrected chi connectivity index (χ1v) is 7.93. The summed E-state index contributed by atoms with van der Waals surface area (Å²) in [6.45, 7) is 1.70. The summed E-state index contributed by atoms with van der Waals surface area (Å²) in [6, 6.07) is 4.58. The van der Waals surface area contributed by atoms with Crippen LogP contribution in [0.15, 0.2) is 18.2 Å². The second-order valence-corrected chi connectivity index (χ2v) is 6.50. The summed E-state index contributed by atoms with van der Waals surface area (Å²) in [6.07, 6.45) is 0. The van der Waals surface area contributed by atoms with E-state index >= 15 is 0 Å². The van der Waals surface area contributed by atoms with Gasteiger partial charge in [0, 0.05) is 5.69 Å². The van der Waals surface area contributed by atoms with E-state index in [-0.39, 0.29) is 16.3 Å². The summed E-state index contributed by atoms with van der Waals surface area (Å²) in [4.78, 5) is 30.2. The quantitative estimate of drug-likeness (QED) is 0.644. The van der Waals surface area contributed by atoms with Gasteiger partial charge in [-0.25, -0.2) is 9.78 Å². The van der Waals surface area contributed by atoms with Gasteiger partial charge in [-0.2, -0.15) is 0 Å². The van der Waals surface area contributed by atoms with Crippen molar-refractivity contribution in [2.24, 2.45) is 0 Å². The number of hydrogen-bond donors (Lipinski definition) is 3. The Morgan fingerprint density at radius 2 is 2.04 bits per heavy atom. The number of nitrogens with zero attached hydrogens (tertiary/aromatic N) is 1. The number of carboxylic acids is 1. The minimum atomic E-state index is -1.03. The number of fused-ring (bicyclic) bond motifs is 1. The molecule has 3 aromatic rings. The number of amides is 1. The molecular weight excluding hydrogens is 361 g/mol. The zero-order chi connectivity index (χ0) is 16.7. The molecule has 2 heterocycles. The monoisotopic (exact) mass is 369 g/mol. The summed E-state index contributed by atoms with van der Waals surface area (Å²) in [7, 11) is 0. The highest BCUT2D eigenvalue weighted by Crippen LogP contribution is 2.31. The number of rotatable bonds is 3. The Morgan fingerprint density at radius 3 is 2.65 bits per heavy atom. The number of anilines is 1. The molecule has 9 heteroatoms. The highest BCUT2D eigenvalue weighted by Gasteiger charge is 2.19. The van der Waals surface area contributed by atoms with Gasteiger partial charge in [0.15, 0.2) is 5.13 Å². The molecule has 0 radical (unpaired) electrons. The summed E-state index contributed by atoms with van der Waals surface area (Å²) < 4.78 is 0.761.